The summed E-state index contributed by atoms with van der Waals surface area (Å²) in [6.45, 7) is 5.33. The average Bonchev–Trinajstić information content (AvgIpc) is 3.18. The summed E-state index contributed by atoms with van der Waals surface area (Å²) in [6, 6.07) is 15.7. The number of nitrogens with zero attached hydrogens (tertiary/aromatic N) is 1. The lowest BCUT2D eigenvalue weighted by Crippen LogP contribution is -2.32. The molecule has 1 saturated heterocycles. The van der Waals surface area contributed by atoms with E-state index >= 15 is 0 Å². The van der Waals surface area contributed by atoms with Crippen molar-refractivity contribution in [3.63, 3.8) is 0 Å². The molecule has 3 aromatic carbocycles. The van der Waals surface area contributed by atoms with Crippen molar-refractivity contribution in [2.45, 2.75) is 25.7 Å². The number of hydrogen-bond donors (Lipinski definition) is 1. The molecule has 4 rings (SSSR count). The van der Waals surface area contributed by atoms with Crippen LogP contribution in [0, 0.1) is 6.92 Å². The number of ether oxygens (including phenoxy) is 2. The number of carbonyl (C=O) groups excluding carboxylic acids is 3. The maximum absolute atomic E-state index is 13.0. The fraction of sp³-hybridized carbons (Fsp3) is 0.207. The Morgan fingerprint density at radius 1 is 1.07 bits per heavy atom. The minimum atomic E-state index is -4.33. The van der Waals surface area contributed by atoms with Crippen molar-refractivity contribution in [2.24, 2.45) is 0 Å². The van der Waals surface area contributed by atoms with E-state index < -0.39 is 21.3 Å². The van der Waals surface area contributed by atoms with E-state index in [-0.39, 0.29) is 52.0 Å². The Hall–Kier alpha value is -4.00. The largest absolute Gasteiger partial charge is 0.492 e. The maximum Gasteiger partial charge on any atom is 0.339 e. The summed E-state index contributed by atoms with van der Waals surface area (Å²) in [4.78, 5) is 37.8. The van der Waals surface area contributed by atoms with E-state index in [9.17, 15) is 22.8 Å². The van der Waals surface area contributed by atoms with Gasteiger partial charge in [-0.15, -0.1) is 0 Å². The summed E-state index contributed by atoms with van der Waals surface area (Å²) in [7, 11) is -4.33. The summed E-state index contributed by atoms with van der Waals surface area (Å²) in [5, 5.41) is 2.03. The van der Waals surface area contributed by atoms with Gasteiger partial charge in [-0.2, -0.15) is 8.42 Å². The van der Waals surface area contributed by atoms with Crippen LogP contribution in [0.4, 0.5) is 10.5 Å². The molecule has 3 aromatic rings. The van der Waals surface area contributed by atoms with Gasteiger partial charge in [0, 0.05) is 12.6 Å². The molecule has 3 amide bonds. The molecule has 220 valence electrons. The van der Waals surface area contributed by atoms with Gasteiger partial charge in [0.1, 0.15) is 17.3 Å². The van der Waals surface area contributed by atoms with Crippen LogP contribution in [-0.2, 0) is 19.7 Å². The minimum Gasteiger partial charge on any atom is -0.492 e. The number of rotatable bonds is 11. The van der Waals surface area contributed by atoms with Crippen LogP contribution in [-0.4, -0.2) is 50.1 Å². The highest BCUT2D eigenvalue weighted by Gasteiger charge is 2.35. The third-order valence-electron chi connectivity index (χ3n) is 5.73. The quantitative estimate of drug-likeness (QED) is 0.204. The number of amides is 3. The smallest absolute Gasteiger partial charge is 0.339 e. The molecular weight excluding hydrogens is 604 g/mol. The topological polar surface area (TPSA) is 128 Å². The van der Waals surface area contributed by atoms with Gasteiger partial charge in [-0.05, 0) is 91.3 Å². The molecule has 0 aromatic heterocycles. The first-order valence-electron chi connectivity index (χ1n) is 12.7. The van der Waals surface area contributed by atoms with Crippen LogP contribution in [0.2, 0.25) is 5.02 Å². The second-order valence-electron chi connectivity index (χ2n) is 9.00. The van der Waals surface area contributed by atoms with E-state index in [0.29, 0.717) is 17.0 Å². The van der Waals surface area contributed by atoms with Gasteiger partial charge in [0.05, 0.1) is 23.1 Å². The zero-order valence-corrected chi connectivity index (χ0v) is 25.3. The molecule has 1 aliphatic heterocycles. The lowest BCUT2D eigenvalue weighted by atomic mass is 10.2. The van der Waals surface area contributed by atoms with Crippen molar-refractivity contribution in [2.75, 3.05) is 25.1 Å². The summed E-state index contributed by atoms with van der Waals surface area (Å²) in [5.41, 5.74) is 1.84. The van der Waals surface area contributed by atoms with E-state index in [0.717, 1.165) is 22.2 Å². The average molecular weight is 631 g/mol. The first-order chi connectivity index (χ1) is 20.0. The Labute approximate surface area is 252 Å². The van der Waals surface area contributed by atoms with Crippen molar-refractivity contribution in [1.29, 1.82) is 0 Å². The highest BCUT2D eigenvalue weighted by Crippen LogP contribution is 2.40. The minimum absolute atomic E-state index is 0.0282. The molecule has 10 nitrogen and oxygen atoms in total. The van der Waals surface area contributed by atoms with Crippen LogP contribution in [0.1, 0.15) is 25.0 Å². The Bertz CT molecular complexity index is 1660. The molecule has 0 saturated carbocycles. The molecule has 42 heavy (non-hydrogen) atoms. The van der Waals surface area contributed by atoms with Crippen molar-refractivity contribution in [3.8, 4) is 17.2 Å². The number of halogens is 1. The number of carbonyl (C=O) groups is 3. The number of benzene rings is 3. The molecule has 0 radical (unpaired) electrons. The van der Waals surface area contributed by atoms with E-state index in [2.05, 4.69) is 5.32 Å². The van der Waals surface area contributed by atoms with Gasteiger partial charge in [0.15, 0.2) is 5.75 Å². The Kier molecular flexibility index (Phi) is 9.81. The highest BCUT2D eigenvalue weighted by molar-refractivity contribution is 8.18. The van der Waals surface area contributed by atoms with Gasteiger partial charge < -0.3 is 19.0 Å². The molecule has 0 bridgehead atoms. The first kappa shape index (κ1) is 30.9. The molecule has 13 heteroatoms. The van der Waals surface area contributed by atoms with E-state index in [1.807, 2.05) is 25.1 Å². The van der Waals surface area contributed by atoms with Crippen LogP contribution in [0.15, 0.2) is 70.5 Å². The number of hydrogen-bond acceptors (Lipinski definition) is 9. The maximum atomic E-state index is 13.0. The molecule has 0 unspecified atom stereocenters. The van der Waals surface area contributed by atoms with Gasteiger partial charge in [-0.1, -0.05) is 23.7 Å². The molecule has 1 N–H and O–H groups in total. The van der Waals surface area contributed by atoms with E-state index in [1.165, 1.54) is 49.4 Å². The number of thioether (sulfide) groups is 1. The van der Waals surface area contributed by atoms with Crippen LogP contribution < -0.4 is 19.0 Å². The van der Waals surface area contributed by atoms with E-state index in [4.69, 9.17) is 25.3 Å². The Morgan fingerprint density at radius 2 is 1.81 bits per heavy atom. The summed E-state index contributed by atoms with van der Waals surface area (Å²) >= 11 is 7.20. The molecule has 0 spiro atoms. The van der Waals surface area contributed by atoms with Gasteiger partial charge >= 0.3 is 10.1 Å². The zero-order valence-electron chi connectivity index (χ0n) is 22.9. The fourth-order valence-electron chi connectivity index (χ4n) is 3.89. The van der Waals surface area contributed by atoms with Crippen LogP contribution in [0.3, 0.4) is 0 Å². The molecule has 0 aliphatic carbocycles. The Balaban J connectivity index is 1.51. The monoisotopic (exact) mass is 630 g/mol. The third-order valence-corrected chi connectivity index (χ3v) is 8.16. The first-order valence-corrected chi connectivity index (χ1v) is 15.3. The van der Waals surface area contributed by atoms with Crippen LogP contribution in [0.5, 0.6) is 17.2 Å². The summed E-state index contributed by atoms with van der Waals surface area (Å²) < 4.78 is 42.6. The number of imide groups is 1. The number of aryl methyl sites for hydroxylation is 1. The standard InChI is InChI=1S/C29H27ClN2O8S2/c1-4-38-25-16-20(15-24(30)27(25)40-42(36,37)23-10-8-21(9-11-23)31-19(3)33)17-26-28(34)32(29(35)41-26)12-13-39-22-7-5-6-18(2)14-22/h5-11,14-17H,4,12-13H2,1-3H3,(H,31,33)/b26-17-. The normalized spacial score (nSPS) is 14.3. The SMILES string of the molecule is CCOc1cc(/C=C2\SC(=O)N(CCOc3cccc(C)c3)C2=O)cc(Cl)c1OS(=O)(=O)c1ccc(NC(C)=O)cc1. The number of nitrogens with one attached hydrogen (secondary N) is 1. The van der Waals surface area contributed by atoms with Gasteiger partial charge in [-0.25, -0.2) is 0 Å². The molecule has 1 fully saturated rings. The van der Waals surface area contributed by atoms with Crippen molar-refractivity contribution >= 4 is 62.3 Å². The van der Waals surface area contributed by atoms with Gasteiger partial charge in [0.25, 0.3) is 11.1 Å². The third kappa shape index (κ3) is 7.64. The second kappa shape index (κ2) is 13.3. The predicted molar refractivity (Wildman–Crippen MR) is 161 cm³/mol. The lowest BCUT2D eigenvalue weighted by molar-refractivity contribution is -0.123. The highest BCUT2D eigenvalue weighted by atomic mass is 35.5. The Morgan fingerprint density at radius 3 is 2.48 bits per heavy atom. The summed E-state index contributed by atoms with van der Waals surface area (Å²) in [6.07, 6.45) is 1.47. The van der Waals surface area contributed by atoms with Crippen molar-refractivity contribution in [3.05, 3.63) is 81.7 Å². The van der Waals surface area contributed by atoms with E-state index in [1.54, 1.807) is 13.0 Å². The van der Waals surface area contributed by atoms with Crippen molar-refractivity contribution < 1.29 is 36.5 Å². The number of anilines is 1. The predicted octanol–water partition coefficient (Wildman–Crippen LogP) is 5.89. The zero-order chi connectivity index (χ0) is 30.4. The molecular formula is C29H27ClN2O8S2. The fourth-order valence-corrected chi connectivity index (χ4v) is 6.01. The van der Waals surface area contributed by atoms with Gasteiger partial charge in [0.2, 0.25) is 11.7 Å². The molecule has 1 aliphatic rings. The molecule has 0 atom stereocenters. The second-order valence-corrected chi connectivity index (χ2v) is 12.0. The lowest BCUT2D eigenvalue weighted by Gasteiger charge is -2.15. The van der Waals surface area contributed by atoms with Crippen LogP contribution >= 0.6 is 23.4 Å². The van der Waals surface area contributed by atoms with Crippen molar-refractivity contribution in [1.82, 2.24) is 4.90 Å². The molecule has 1 heterocycles. The van der Waals surface area contributed by atoms with Gasteiger partial charge in [-0.3, -0.25) is 19.3 Å². The van der Waals surface area contributed by atoms with Crippen LogP contribution in [0.25, 0.3) is 6.08 Å². The summed E-state index contributed by atoms with van der Waals surface area (Å²) in [5.74, 6) is -0.352.